The van der Waals surface area contributed by atoms with Crippen molar-refractivity contribution in [3.8, 4) is 11.4 Å². The van der Waals surface area contributed by atoms with Crippen LogP contribution in [0.1, 0.15) is 5.56 Å². The van der Waals surface area contributed by atoms with Crippen molar-refractivity contribution in [1.29, 1.82) is 0 Å². The van der Waals surface area contributed by atoms with Gasteiger partial charge in [-0.2, -0.15) is 5.10 Å². The van der Waals surface area contributed by atoms with Crippen LogP contribution in [0, 0.1) is 0 Å². The minimum absolute atomic E-state index is 0.195. The fraction of sp³-hybridized carbons (Fsp3) is 0.227. The fourth-order valence-electron chi connectivity index (χ4n) is 3.76. The maximum atomic E-state index is 12.0. The molecule has 5 rings (SSSR count). The highest BCUT2D eigenvalue weighted by atomic mass is 35.5. The molecule has 0 radical (unpaired) electrons. The number of imidazole rings is 1. The molecule has 0 amide bonds. The van der Waals surface area contributed by atoms with Crippen molar-refractivity contribution in [2.75, 3.05) is 13.2 Å². The molecule has 1 saturated heterocycles. The number of halogens is 2. The van der Waals surface area contributed by atoms with Gasteiger partial charge < -0.3 is 18.8 Å². The molecule has 1 aliphatic rings. The van der Waals surface area contributed by atoms with Gasteiger partial charge >= 0.3 is 5.69 Å². The summed E-state index contributed by atoms with van der Waals surface area (Å²) in [6, 6.07) is 12.4. The molecule has 0 aliphatic carbocycles. The molecule has 0 bridgehead atoms. The van der Waals surface area contributed by atoms with Gasteiger partial charge in [0.25, 0.3) is 0 Å². The summed E-state index contributed by atoms with van der Waals surface area (Å²) in [4.78, 5) is 16.1. The van der Waals surface area contributed by atoms with Gasteiger partial charge in [0.1, 0.15) is 24.8 Å². The standard InChI is InChI=1S/C22H19Cl2N5O4/c23-15-5-6-17(18(24)9-15)22(12-28-8-7-25-13-28)32-11-16(33-22)10-31-20-4-2-1-3-19(20)29-14-26-27-21(29)30/h1-9,13-14,16H,10-12H2,(H,27,30). The Balaban J connectivity index is 1.38. The van der Waals surface area contributed by atoms with Crippen molar-refractivity contribution in [1.82, 2.24) is 24.3 Å². The van der Waals surface area contributed by atoms with Crippen LogP contribution in [0.5, 0.6) is 5.75 Å². The summed E-state index contributed by atoms with van der Waals surface area (Å²) >= 11 is 12.6. The van der Waals surface area contributed by atoms with Gasteiger partial charge in [-0.15, -0.1) is 0 Å². The molecule has 1 aliphatic heterocycles. The molecule has 3 heterocycles. The van der Waals surface area contributed by atoms with E-state index < -0.39 is 11.9 Å². The zero-order valence-corrected chi connectivity index (χ0v) is 18.7. The molecule has 11 heteroatoms. The molecule has 2 aromatic heterocycles. The van der Waals surface area contributed by atoms with Gasteiger partial charge in [0, 0.05) is 23.0 Å². The normalized spacial score (nSPS) is 20.2. The minimum Gasteiger partial charge on any atom is -0.489 e. The monoisotopic (exact) mass is 487 g/mol. The van der Waals surface area contributed by atoms with Crippen molar-refractivity contribution in [3.63, 3.8) is 0 Å². The van der Waals surface area contributed by atoms with E-state index in [2.05, 4.69) is 15.2 Å². The highest BCUT2D eigenvalue weighted by molar-refractivity contribution is 6.35. The number of H-pyrrole nitrogens is 1. The molecular weight excluding hydrogens is 469 g/mol. The lowest BCUT2D eigenvalue weighted by atomic mass is 10.1. The zero-order valence-electron chi connectivity index (χ0n) is 17.2. The van der Waals surface area contributed by atoms with Crippen LogP contribution in [0.25, 0.3) is 5.69 Å². The van der Waals surface area contributed by atoms with Crippen molar-refractivity contribution < 1.29 is 14.2 Å². The molecule has 33 heavy (non-hydrogen) atoms. The third kappa shape index (κ3) is 4.40. The average molecular weight is 488 g/mol. The number of nitrogens with zero attached hydrogens (tertiary/aromatic N) is 4. The molecule has 2 atom stereocenters. The minimum atomic E-state index is -1.14. The topological polar surface area (TPSA) is 96.2 Å². The van der Waals surface area contributed by atoms with Crippen LogP contribution in [0.15, 0.2) is 72.3 Å². The largest absolute Gasteiger partial charge is 0.489 e. The Bertz CT molecular complexity index is 1310. The van der Waals surface area contributed by atoms with E-state index in [-0.39, 0.29) is 18.9 Å². The number of rotatable bonds is 7. The predicted molar refractivity (Wildman–Crippen MR) is 121 cm³/mol. The lowest BCUT2D eigenvalue weighted by Gasteiger charge is -2.30. The van der Waals surface area contributed by atoms with Crippen LogP contribution in [0.3, 0.4) is 0 Å². The first-order valence-electron chi connectivity index (χ1n) is 10.1. The SMILES string of the molecule is O=c1[nH]ncn1-c1ccccc1OCC1COC(Cn2ccnc2)(c2ccc(Cl)cc2Cl)O1. The second-order valence-corrected chi connectivity index (χ2v) is 8.32. The van der Waals surface area contributed by atoms with E-state index in [0.717, 1.165) is 0 Å². The summed E-state index contributed by atoms with van der Waals surface area (Å²) in [5.74, 6) is -0.626. The molecule has 4 aromatic rings. The van der Waals surface area contributed by atoms with Crippen molar-refractivity contribution >= 4 is 23.2 Å². The Labute approximate surface area is 198 Å². The summed E-state index contributed by atoms with van der Waals surface area (Å²) < 4.78 is 21.9. The summed E-state index contributed by atoms with van der Waals surface area (Å²) in [5, 5.41) is 7.11. The lowest BCUT2D eigenvalue weighted by Crippen LogP contribution is -2.34. The van der Waals surface area contributed by atoms with E-state index in [9.17, 15) is 4.79 Å². The second-order valence-electron chi connectivity index (χ2n) is 7.47. The van der Waals surface area contributed by atoms with Crippen LogP contribution >= 0.6 is 23.2 Å². The van der Waals surface area contributed by atoms with E-state index in [1.54, 1.807) is 42.9 Å². The first kappa shape index (κ1) is 21.7. The maximum absolute atomic E-state index is 12.0. The molecule has 0 spiro atoms. The van der Waals surface area contributed by atoms with E-state index in [1.165, 1.54) is 10.9 Å². The summed E-state index contributed by atoms with van der Waals surface area (Å²) in [6.45, 7) is 0.813. The van der Waals surface area contributed by atoms with E-state index in [4.69, 9.17) is 37.4 Å². The van der Waals surface area contributed by atoms with E-state index in [1.807, 2.05) is 22.9 Å². The van der Waals surface area contributed by atoms with Gasteiger partial charge in [-0.05, 0) is 24.3 Å². The predicted octanol–water partition coefficient (Wildman–Crippen LogP) is 3.41. The van der Waals surface area contributed by atoms with Crippen LogP contribution in [-0.2, 0) is 21.8 Å². The van der Waals surface area contributed by atoms with Gasteiger partial charge in [0.05, 0.1) is 30.2 Å². The van der Waals surface area contributed by atoms with Gasteiger partial charge in [0.2, 0.25) is 5.79 Å². The summed E-state index contributed by atoms with van der Waals surface area (Å²) in [6.07, 6.45) is 6.19. The van der Waals surface area contributed by atoms with Crippen molar-refractivity contribution in [3.05, 3.63) is 93.6 Å². The number of hydrogen-bond donors (Lipinski definition) is 1. The van der Waals surface area contributed by atoms with Crippen LogP contribution in [0.4, 0.5) is 0 Å². The number of benzene rings is 2. The van der Waals surface area contributed by atoms with Gasteiger partial charge in [-0.25, -0.2) is 19.4 Å². The summed E-state index contributed by atoms with van der Waals surface area (Å²) in [7, 11) is 0. The van der Waals surface area contributed by atoms with Crippen LogP contribution < -0.4 is 10.4 Å². The van der Waals surface area contributed by atoms with Gasteiger partial charge in [-0.1, -0.05) is 41.4 Å². The molecule has 1 fully saturated rings. The Morgan fingerprint density at radius 2 is 2.09 bits per heavy atom. The fourth-order valence-corrected chi connectivity index (χ4v) is 4.31. The number of nitrogens with one attached hydrogen (secondary N) is 1. The van der Waals surface area contributed by atoms with E-state index >= 15 is 0 Å². The Morgan fingerprint density at radius 1 is 1.21 bits per heavy atom. The zero-order chi connectivity index (χ0) is 22.8. The number of hydrogen-bond acceptors (Lipinski definition) is 6. The van der Waals surface area contributed by atoms with Gasteiger partial charge in [0.15, 0.2) is 0 Å². The number of aromatic amines is 1. The Hall–Kier alpha value is -3.11. The summed E-state index contributed by atoms with van der Waals surface area (Å²) in [5.41, 5.74) is 0.874. The number of aromatic nitrogens is 5. The van der Waals surface area contributed by atoms with Crippen molar-refractivity contribution in [2.45, 2.75) is 18.4 Å². The molecule has 2 aromatic carbocycles. The third-order valence-electron chi connectivity index (χ3n) is 5.25. The van der Waals surface area contributed by atoms with Crippen LogP contribution in [0.2, 0.25) is 10.0 Å². The molecule has 170 valence electrons. The number of para-hydroxylation sites is 2. The first-order valence-corrected chi connectivity index (χ1v) is 10.9. The van der Waals surface area contributed by atoms with E-state index in [0.29, 0.717) is 33.6 Å². The lowest BCUT2D eigenvalue weighted by molar-refractivity contribution is -0.189. The van der Waals surface area contributed by atoms with Gasteiger partial charge in [-0.3, -0.25) is 0 Å². The molecule has 0 saturated carbocycles. The average Bonchev–Trinajstić information content (AvgIpc) is 3.55. The highest BCUT2D eigenvalue weighted by Crippen LogP contribution is 2.40. The highest BCUT2D eigenvalue weighted by Gasteiger charge is 2.45. The Kier molecular flexibility index (Phi) is 5.94. The second kappa shape index (κ2) is 9.03. The smallest absolute Gasteiger partial charge is 0.347 e. The molecule has 2 unspecified atom stereocenters. The first-order chi connectivity index (χ1) is 16.0. The molecular formula is C22H19Cl2N5O4. The molecule has 1 N–H and O–H groups in total. The molecule has 9 nitrogen and oxygen atoms in total. The van der Waals surface area contributed by atoms with Crippen molar-refractivity contribution in [2.24, 2.45) is 0 Å². The quantitative estimate of drug-likeness (QED) is 0.429. The maximum Gasteiger partial charge on any atom is 0.347 e. The van der Waals surface area contributed by atoms with Crippen LogP contribution in [-0.4, -0.2) is 43.6 Å². The Morgan fingerprint density at radius 3 is 2.85 bits per heavy atom. The number of ether oxygens (including phenoxy) is 3. The third-order valence-corrected chi connectivity index (χ3v) is 5.80.